The number of hydrogen-bond acceptors (Lipinski definition) is 6. The summed E-state index contributed by atoms with van der Waals surface area (Å²) in [7, 11) is 0. The van der Waals surface area contributed by atoms with E-state index in [0.717, 1.165) is 50.2 Å². The molecule has 2 heterocycles. The normalized spacial score (nSPS) is 21.1. The van der Waals surface area contributed by atoms with Gasteiger partial charge in [-0.05, 0) is 32.3 Å². The van der Waals surface area contributed by atoms with Crippen LogP contribution in [0.5, 0.6) is 0 Å². The molecule has 0 aliphatic carbocycles. The molecule has 2 aliphatic heterocycles. The minimum Gasteiger partial charge on any atom is -0.355 e. The minimum atomic E-state index is -0.0674. The Bertz CT molecular complexity index is 736. The highest BCUT2D eigenvalue weighted by Crippen LogP contribution is 2.24. The Morgan fingerprint density at radius 3 is 2.75 bits per heavy atom. The van der Waals surface area contributed by atoms with Crippen molar-refractivity contribution >= 4 is 29.4 Å². The smallest absolute Gasteiger partial charge is 0.149 e. The first kappa shape index (κ1) is 22.1. The summed E-state index contributed by atoms with van der Waals surface area (Å²) < 4.78 is 0. The van der Waals surface area contributed by atoms with E-state index in [4.69, 9.17) is 17.3 Å². The molecule has 3 N–H and O–H groups in total. The number of hydrogen-bond donors (Lipinski definition) is 2. The van der Waals surface area contributed by atoms with Gasteiger partial charge in [-0.2, -0.15) is 5.10 Å². The predicted octanol–water partition coefficient (Wildman–Crippen LogP) is 3.73. The third-order valence-electron chi connectivity index (χ3n) is 4.97. The molecule has 1 saturated heterocycles. The number of nitrogens with two attached hydrogens (primary N) is 1. The zero-order chi connectivity index (χ0) is 20.6. The molecule has 0 aromatic heterocycles. The maximum Gasteiger partial charge on any atom is 0.149 e. The van der Waals surface area contributed by atoms with Crippen molar-refractivity contribution < 1.29 is 0 Å². The second kappa shape index (κ2) is 10.4. The van der Waals surface area contributed by atoms with Gasteiger partial charge in [0.2, 0.25) is 0 Å². The topological polar surface area (TPSA) is 78.4 Å². The van der Waals surface area contributed by atoms with Gasteiger partial charge in [-0.15, -0.1) is 0 Å². The molecule has 0 amide bonds. The van der Waals surface area contributed by atoms with E-state index in [1.165, 1.54) is 0 Å². The van der Waals surface area contributed by atoms with Crippen molar-refractivity contribution in [1.29, 1.82) is 0 Å². The monoisotopic (exact) mass is 402 g/mol. The Balaban J connectivity index is 2.14. The summed E-state index contributed by atoms with van der Waals surface area (Å²) in [6.07, 6.45) is 11.1. The first-order valence-corrected chi connectivity index (χ1v) is 10.1. The van der Waals surface area contributed by atoms with E-state index in [2.05, 4.69) is 45.5 Å². The van der Waals surface area contributed by atoms with Crippen LogP contribution in [0, 0.1) is 0 Å². The fourth-order valence-electron chi connectivity index (χ4n) is 3.44. The molecule has 0 bridgehead atoms. The first-order chi connectivity index (χ1) is 13.4. The third-order valence-corrected chi connectivity index (χ3v) is 5.30. The van der Waals surface area contributed by atoms with Gasteiger partial charge in [-0.25, -0.2) is 4.99 Å². The van der Waals surface area contributed by atoms with Crippen LogP contribution >= 0.6 is 11.6 Å². The van der Waals surface area contributed by atoms with Gasteiger partial charge in [0.05, 0.1) is 18.5 Å². The molecule has 0 radical (unpaired) electrons. The minimum absolute atomic E-state index is 0.0674. The van der Waals surface area contributed by atoms with Gasteiger partial charge < -0.3 is 10.6 Å². The molecule has 152 valence electrons. The van der Waals surface area contributed by atoms with Crippen LogP contribution in [0.4, 0.5) is 0 Å². The van der Waals surface area contributed by atoms with E-state index in [1.54, 1.807) is 18.4 Å². The Morgan fingerprint density at radius 1 is 1.43 bits per heavy atom. The van der Waals surface area contributed by atoms with Crippen molar-refractivity contribution in [3.63, 3.8) is 0 Å². The van der Waals surface area contributed by atoms with Gasteiger partial charge in [0.25, 0.3) is 0 Å². The number of piperidine rings is 1. The van der Waals surface area contributed by atoms with Crippen LogP contribution in [-0.4, -0.2) is 47.8 Å². The van der Waals surface area contributed by atoms with Crippen LogP contribution < -0.4 is 11.2 Å². The molecule has 0 spiro atoms. The van der Waals surface area contributed by atoms with Gasteiger partial charge in [0, 0.05) is 29.2 Å². The molecular weight excluding hydrogens is 372 g/mol. The number of nitrogens with one attached hydrogen (secondary N) is 1. The number of allylic oxidation sites excluding steroid dienone is 4. The van der Waals surface area contributed by atoms with E-state index in [9.17, 15) is 0 Å². The summed E-state index contributed by atoms with van der Waals surface area (Å²) >= 11 is 6.34. The molecule has 0 atom stereocenters. The van der Waals surface area contributed by atoms with Crippen molar-refractivity contribution in [2.24, 2.45) is 20.8 Å². The van der Waals surface area contributed by atoms with Crippen molar-refractivity contribution in [1.82, 2.24) is 10.3 Å². The lowest BCUT2D eigenvalue weighted by Crippen LogP contribution is -2.52. The number of amidine groups is 1. The molecular formula is C21H31ClN6. The Morgan fingerprint density at radius 2 is 2.14 bits per heavy atom. The molecule has 6 nitrogen and oxygen atoms in total. The molecule has 2 rings (SSSR count). The summed E-state index contributed by atoms with van der Waals surface area (Å²) in [4.78, 5) is 11.3. The number of hydrazone groups is 1. The Hall–Kier alpha value is -2.18. The summed E-state index contributed by atoms with van der Waals surface area (Å²) in [5.74, 6) is 1.24. The second-order valence-electron chi connectivity index (χ2n) is 7.11. The second-order valence-corrected chi connectivity index (χ2v) is 7.52. The highest BCUT2D eigenvalue weighted by atomic mass is 35.5. The van der Waals surface area contributed by atoms with E-state index >= 15 is 0 Å². The standard InChI is InChI=1S/C21H31ClN6/c1-5-8-18(22)17(7-3)19-14-24-15-20(25-16(4)26-27-19)28-12-10-21(23,9-6-2)11-13-28/h5,7-8,15,26H,1,4,6,9-14,23H2,2-3H3/b17-7+,18-8+,24-15?,25-20?,27-19?. The fraction of sp³-hybridized carbons (Fsp3) is 0.476. The molecule has 0 saturated carbocycles. The van der Waals surface area contributed by atoms with Gasteiger partial charge in [-0.1, -0.05) is 50.3 Å². The third kappa shape index (κ3) is 5.91. The highest BCUT2D eigenvalue weighted by Gasteiger charge is 2.30. The van der Waals surface area contributed by atoms with Crippen molar-refractivity contribution in [2.45, 2.75) is 45.1 Å². The first-order valence-electron chi connectivity index (χ1n) is 9.71. The fourth-order valence-corrected chi connectivity index (χ4v) is 3.74. The number of halogens is 1. The quantitative estimate of drug-likeness (QED) is 0.687. The average molecular weight is 403 g/mol. The number of likely N-dealkylation sites (tertiary alicyclic amines) is 1. The SMILES string of the molecule is C=C/C=C(Cl)\C(=C/C)C1=NNC(=C)N=C(N2CCC(N)(CCC)CC2)C=NC1. The lowest BCUT2D eigenvalue weighted by Gasteiger charge is -2.40. The molecule has 0 aromatic rings. The van der Waals surface area contributed by atoms with Gasteiger partial charge >= 0.3 is 0 Å². The zero-order valence-electron chi connectivity index (χ0n) is 16.9. The molecule has 7 heteroatoms. The van der Waals surface area contributed by atoms with Crippen molar-refractivity contribution in [2.75, 3.05) is 19.6 Å². The van der Waals surface area contributed by atoms with E-state index in [0.29, 0.717) is 23.1 Å². The van der Waals surface area contributed by atoms with Gasteiger partial charge in [0.15, 0.2) is 0 Å². The van der Waals surface area contributed by atoms with Crippen LogP contribution in [0.2, 0.25) is 0 Å². The molecule has 2 aliphatic rings. The van der Waals surface area contributed by atoms with Crippen LogP contribution in [0.3, 0.4) is 0 Å². The maximum atomic E-state index is 6.51. The van der Waals surface area contributed by atoms with E-state index < -0.39 is 0 Å². The van der Waals surface area contributed by atoms with Crippen LogP contribution in [0.1, 0.15) is 39.5 Å². The molecule has 1 fully saturated rings. The zero-order valence-corrected chi connectivity index (χ0v) is 17.7. The number of rotatable bonds is 5. The van der Waals surface area contributed by atoms with Crippen molar-refractivity contribution in [3.05, 3.63) is 47.8 Å². The van der Waals surface area contributed by atoms with Gasteiger partial charge in [0.1, 0.15) is 11.7 Å². The molecule has 0 unspecified atom stereocenters. The molecule has 0 aromatic carbocycles. The Labute approximate surface area is 173 Å². The lowest BCUT2D eigenvalue weighted by atomic mass is 9.84. The van der Waals surface area contributed by atoms with E-state index in [-0.39, 0.29) is 5.54 Å². The summed E-state index contributed by atoms with van der Waals surface area (Å²) in [5.41, 5.74) is 10.9. The van der Waals surface area contributed by atoms with Gasteiger partial charge in [-0.3, -0.25) is 10.4 Å². The van der Waals surface area contributed by atoms with E-state index in [1.807, 2.05) is 13.0 Å². The Kier molecular flexibility index (Phi) is 8.20. The summed E-state index contributed by atoms with van der Waals surface area (Å²) in [5, 5.41) is 4.97. The molecule has 28 heavy (non-hydrogen) atoms. The number of aliphatic imine (C=N–C) groups is 2. The number of nitrogens with zero attached hydrogens (tertiary/aromatic N) is 4. The van der Waals surface area contributed by atoms with Crippen LogP contribution in [-0.2, 0) is 0 Å². The summed E-state index contributed by atoms with van der Waals surface area (Å²) in [6.45, 7) is 13.8. The predicted molar refractivity (Wildman–Crippen MR) is 121 cm³/mol. The van der Waals surface area contributed by atoms with Crippen LogP contribution in [0.25, 0.3) is 0 Å². The maximum absolute atomic E-state index is 6.51. The summed E-state index contributed by atoms with van der Waals surface area (Å²) in [6, 6.07) is 0. The largest absolute Gasteiger partial charge is 0.355 e. The highest BCUT2D eigenvalue weighted by molar-refractivity contribution is 6.36. The average Bonchev–Trinajstić information content (AvgIpc) is 2.74. The van der Waals surface area contributed by atoms with Crippen molar-refractivity contribution in [3.8, 4) is 0 Å². The van der Waals surface area contributed by atoms with Crippen LogP contribution in [0.15, 0.2) is 62.9 Å². The lowest BCUT2D eigenvalue weighted by molar-refractivity contribution is 0.218.